The number of piperidine rings is 1. The molecule has 3 fully saturated rings. The number of sulfonamides is 1. The lowest BCUT2D eigenvalue weighted by Gasteiger charge is -2.43. The number of rotatable bonds is 4. The van der Waals surface area contributed by atoms with Gasteiger partial charge in [0.25, 0.3) is 0 Å². The summed E-state index contributed by atoms with van der Waals surface area (Å²) in [5, 5.41) is 0. The van der Waals surface area contributed by atoms with Gasteiger partial charge in [-0.05, 0) is 25.2 Å². The zero-order valence-corrected chi connectivity index (χ0v) is 14.5. The van der Waals surface area contributed by atoms with Gasteiger partial charge < -0.3 is 9.64 Å². The second kappa shape index (κ2) is 5.18. The van der Waals surface area contributed by atoms with Crippen LogP contribution in [-0.2, 0) is 19.6 Å². The summed E-state index contributed by atoms with van der Waals surface area (Å²) in [6.45, 7) is 4.98. The third-order valence-electron chi connectivity index (χ3n) is 5.81. The molecule has 2 atom stereocenters. The van der Waals surface area contributed by atoms with Crippen molar-refractivity contribution in [2.45, 2.75) is 26.2 Å². The molecule has 2 saturated heterocycles. The molecular formula is C15H26N2O4S. The number of ether oxygens (including phenoxy) is 1. The third-order valence-corrected chi connectivity index (χ3v) is 7.02. The summed E-state index contributed by atoms with van der Waals surface area (Å²) in [5.74, 6) is 0.415. The first-order valence-electron chi connectivity index (χ1n) is 7.94. The summed E-state index contributed by atoms with van der Waals surface area (Å²) in [4.78, 5) is 14.5. The van der Waals surface area contributed by atoms with Crippen molar-refractivity contribution in [3.63, 3.8) is 0 Å². The van der Waals surface area contributed by atoms with Crippen LogP contribution in [0.2, 0.25) is 0 Å². The van der Waals surface area contributed by atoms with Gasteiger partial charge in [0.1, 0.15) is 0 Å². The predicted octanol–water partition coefficient (Wildman–Crippen LogP) is 0.543. The molecule has 0 N–H and O–H groups in total. The first-order chi connectivity index (χ1) is 10.2. The molecule has 3 rings (SSSR count). The van der Waals surface area contributed by atoms with Gasteiger partial charge in [0, 0.05) is 44.1 Å². The molecule has 1 aliphatic carbocycles. The van der Waals surface area contributed by atoms with Crippen molar-refractivity contribution in [2.24, 2.45) is 16.7 Å². The van der Waals surface area contributed by atoms with Crippen LogP contribution in [-0.4, -0.2) is 69.7 Å². The minimum atomic E-state index is -3.20. The quantitative estimate of drug-likeness (QED) is 0.755. The highest BCUT2D eigenvalue weighted by molar-refractivity contribution is 7.88. The van der Waals surface area contributed by atoms with E-state index in [4.69, 9.17) is 4.74 Å². The van der Waals surface area contributed by atoms with Gasteiger partial charge in [0.2, 0.25) is 15.9 Å². The first-order valence-corrected chi connectivity index (χ1v) is 9.78. The van der Waals surface area contributed by atoms with Crippen LogP contribution in [0.1, 0.15) is 26.2 Å². The lowest BCUT2D eigenvalue weighted by Crippen LogP contribution is -2.52. The summed E-state index contributed by atoms with van der Waals surface area (Å²) in [6.07, 6.45) is 4.04. The Kier molecular flexibility index (Phi) is 3.81. The van der Waals surface area contributed by atoms with Crippen LogP contribution in [0.3, 0.4) is 0 Å². The van der Waals surface area contributed by atoms with Crippen LogP contribution >= 0.6 is 0 Å². The molecule has 2 heterocycles. The second-order valence-electron chi connectivity index (χ2n) is 7.61. The molecule has 6 nitrogen and oxygen atoms in total. The average molecular weight is 330 g/mol. The monoisotopic (exact) mass is 330 g/mol. The third kappa shape index (κ3) is 2.67. The number of hydrogen-bond donors (Lipinski definition) is 0. The minimum absolute atomic E-state index is 0.140. The van der Waals surface area contributed by atoms with Gasteiger partial charge >= 0.3 is 0 Å². The Hall–Kier alpha value is -0.660. The van der Waals surface area contributed by atoms with Crippen molar-refractivity contribution in [3.8, 4) is 0 Å². The fraction of sp³-hybridized carbons (Fsp3) is 0.933. The van der Waals surface area contributed by atoms with E-state index in [1.807, 2.05) is 11.8 Å². The lowest BCUT2D eigenvalue weighted by atomic mass is 9.73. The summed E-state index contributed by atoms with van der Waals surface area (Å²) in [5.41, 5.74) is -0.296. The predicted molar refractivity (Wildman–Crippen MR) is 82.8 cm³/mol. The van der Waals surface area contributed by atoms with Gasteiger partial charge in [0.15, 0.2) is 0 Å². The molecular weight excluding hydrogens is 304 g/mol. The standard InChI is InChI=1S/C15H26N2O4S/c1-14(4-5-14)13(18)16-7-6-15(11-21-2)10-17(22(3,19)20)9-12(15)8-16/h12H,4-11H2,1-3H3/t12-,15+/m1/s1. The summed E-state index contributed by atoms with van der Waals surface area (Å²) < 4.78 is 30.8. The number of carbonyl (C=O) groups excluding carboxylic acids is 1. The molecule has 0 bridgehead atoms. The Balaban J connectivity index is 1.78. The van der Waals surface area contributed by atoms with Crippen LogP contribution in [0.5, 0.6) is 0 Å². The van der Waals surface area contributed by atoms with E-state index in [-0.39, 0.29) is 22.7 Å². The topological polar surface area (TPSA) is 66.9 Å². The normalized spacial score (nSPS) is 34.5. The minimum Gasteiger partial charge on any atom is -0.384 e. The molecule has 0 unspecified atom stereocenters. The van der Waals surface area contributed by atoms with Gasteiger partial charge in [0.05, 0.1) is 12.9 Å². The van der Waals surface area contributed by atoms with E-state index in [9.17, 15) is 13.2 Å². The summed E-state index contributed by atoms with van der Waals surface area (Å²) >= 11 is 0. The van der Waals surface area contributed by atoms with Gasteiger partial charge in [-0.2, -0.15) is 0 Å². The van der Waals surface area contributed by atoms with Crippen molar-refractivity contribution in [1.29, 1.82) is 0 Å². The van der Waals surface area contributed by atoms with E-state index in [0.717, 1.165) is 19.3 Å². The van der Waals surface area contributed by atoms with Gasteiger partial charge in [-0.3, -0.25) is 4.79 Å². The zero-order chi connectivity index (χ0) is 16.2. The molecule has 3 aliphatic rings. The molecule has 2 aliphatic heterocycles. The molecule has 0 aromatic carbocycles. The van der Waals surface area contributed by atoms with E-state index in [1.54, 1.807) is 11.4 Å². The molecule has 0 spiro atoms. The molecule has 0 aromatic rings. The van der Waals surface area contributed by atoms with Gasteiger partial charge in [-0.25, -0.2) is 12.7 Å². The second-order valence-corrected chi connectivity index (χ2v) is 9.59. The maximum absolute atomic E-state index is 12.6. The molecule has 0 radical (unpaired) electrons. The van der Waals surface area contributed by atoms with Crippen molar-refractivity contribution in [1.82, 2.24) is 9.21 Å². The molecule has 1 saturated carbocycles. The Morgan fingerprint density at radius 1 is 1.27 bits per heavy atom. The van der Waals surface area contributed by atoms with E-state index < -0.39 is 10.0 Å². The SMILES string of the molecule is COC[C@@]12CCN(C(=O)C3(C)CC3)C[C@@H]1CN(S(C)(=O)=O)C2. The van der Waals surface area contributed by atoms with Gasteiger partial charge in [-0.1, -0.05) is 6.92 Å². The highest BCUT2D eigenvalue weighted by atomic mass is 32.2. The maximum atomic E-state index is 12.6. The van der Waals surface area contributed by atoms with Gasteiger partial charge in [-0.15, -0.1) is 0 Å². The molecule has 126 valence electrons. The van der Waals surface area contributed by atoms with Crippen LogP contribution < -0.4 is 0 Å². The number of carbonyl (C=O) groups is 1. The summed E-state index contributed by atoms with van der Waals surface area (Å²) in [6, 6.07) is 0. The highest BCUT2D eigenvalue weighted by Gasteiger charge is 2.54. The Labute approximate surface area is 132 Å². The largest absolute Gasteiger partial charge is 0.384 e. The Morgan fingerprint density at radius 3 is 2.50 bits per heavy atom. The maximum Gasteiger partial charge on any atom is 0.228 e. The molecule has 7 heteroatoms. The fourth-order valence-electron chi connectivity index (χ4n) is 3.98. The smallest absolute Gasteiger partial charge is 0.228 e. The number of amides is 1. The van der Waals surface area contributed by atoms with E-state index >= 15 is 0 Å². The van der Waals surface area contributed by atoms with E-state index in [1.165, 1.54) is 6.26 Å². The van der Waals surface area contributed by atoms with Crippen LogP contribution in [0.4, 0.5) is 0 Å². The number of fused-ring (bicyclic) bond motifs is 1. The number of likely N-dealkylation sites (tertiary alicyclic amines) is 1. The first kappa shape index (κ1) is 16.2. The fourth-order valence-corrected chi connectivity index (χ4v) is 4.92. The van der Waals surface area contributed by atoms with Crippen LogP contribution in [0.15, 0.2) is 0 Å². The van der Waals surface area contributed by atoms with E-state index in [2.05, 4.69) is 0 Å². The van der Waals surface area contributed by atoms with Crippen molar-refractivity contribution in [3.05, 3.63) is 0 Å². The molecule has 0 aromatic heterocycles. The Bertz CT molecular complexity index is 572. The molecule has 1 amide bonds. The number of nitrogens with zero attached hydrogens (tertiary/aromatic N) is 2. The van der Waals surface area contributed by atoms with Crippen LogP contribution in [0, 0.1) is 16.7 Å². The van der Waals surface area contributed by atoms with Crippen molar-refractivity contribution in [2.75, 3.05) is 46.2 Å². The number of hydrogen-bond acceptors (Lipinski definition) is 4. The van der Waals surface area contributed by atoms with Crippen molar-refractivity contribution >= 4 is 15.9 Å². The van der Waals surface area contributed by atoms with Crippen molar-refractivity contribution < 1.29 is 17.9 Å². The molecule has 22 heavy (non-hydrogen) atoms. The lowest BCUT2D eigenvalue weighted by molar-refractivity contribution is -0.140. The zero-order valence-electron chi connectivity index (χ0n) is 13.7. The summed E-state index contributed by atoms with van der Waals surface area (Å²) in [7, 11) is -1.53. The average Bonchev–Trinajstić information content (AvgIpc) is 3.06. The Morgan fingerprint density at radius 2 is 1.95 bits per heavy atom. The van der Waals surface area contributed by atoms with E-state index in [0.29, 0.717) is 32.8 Å². The number of methoxy groups -OCH3 is 1. The highest BCUT2D eigenvalue weighted by Crippen LogP contribution is 2.49. The van der Waals surface area contributed by atoms with Crippen LogP contribution in [0.25, 0.3) is 0 Å².